The summed E-state index contributed by atoms with van der Waals surface area (Å²) in [4.78, 5) is 7.23. The van der Waals surface area contributed by atoms with Crippen LogP contribution in [0.15, 0.2) is 42.7 Å². The standard InChI is InChI=1S/C15H17N3/c1-2-4-13(5-3-1)18-11-8-16-15(18)14-12-6-9-17(14)10-7-12/h1-5,8,11-12,14H,6-7,9-10H2/t14-/m1/s1. The monoisotopic (exact) mass is 239 g/mol. The smallest absolute Gasteiger partial charge is 0.130 e. The van der Waals surface area contributed by atoms with Crippen molar-refractivity contribution in [2.75, 3.05) is 13.1 Å². The highest BCUT2D eigenvalue weighted by Gasteiger charge is 2.42. The quantitative estimate of drug-likeness (QED) is 0.803. The lowest BCUT2D eigenvalue weighted by Crippen LogP contribution is -2.22. The Kier molecular flexibility index (Phi) is 2.27. The van der Waals surface area contributed by atoms with Crippen molar-refractivity contribution in [3.63, 3.8) is 0 Å². The van der Waals surface area contributed by atoms with Crippen LogP contribution in [-0.2, 0) is 0 Å². The van der Waals surface area contributed by atoms with E-state index in [4.69, 9.17) is 0 Å². The van der Waals surface area contributed by atoms with E-state index in [0.29, 0.717) is 6.04 Å². The van der Waals surface area contributed by atoms with Gasteiger partial charge in [0.25, 0.3) is 0 Å². The number of benzene rings is 1. The molecule has 0 aliphatic carbocycles. The van der Waals surface area contributed by atoms with E-state index < -0.39 is 0 Å². The SMILES string of the molecule is c1ccc(-n2ccnc2[C@H]2C3CCN2CC3)cc1. The zero-order valence-corrected chi connectivity index (χ0v) is 10.4. The second kappa shape index (κ2) is 3.95. The number of nitrogens with zero attached hydrogens (tertiary/aromatic N) is 3. The van der Waals surface area contributed by atoms with Crippen LogP contribution in [0.3, 0.4) is 0 Å². The Hall–Kier alpha value is -1.61. The minimum atomic E-state index is 0.542. The number of hydrogen-bond acceptors (Lipinski definition) is 2. The molecule has 0 unspecified atom stereocenters. The van der Waals surface area contributed by atoms with Crippen molar-refractivity contribution >= 4 is 0 Å². The predicted molar refractivity (Wildman–Crippen MR) is 70.6 cm³/mol. The summed E-state index contributed by atoms with van der Waals surface area (Å²) < 4.78 is 2.25. The van der Waals surface area contributed by atoms with E-state index in [1.807, 2.05) is 6.20 Å². The van der Waals surface area contributed by atoms with E-state index in [1.54, 1.807) is 0 Å². The molecule has 0 amide bonds. The third kappa shape index (κ3) is 1.44. The molecule has 2 aliphatic rings. The number of imidazole rings is 1. The summed E-state index contributed by atoms with van der Waals surface area (Å²) >= 11 is 0. The molecule has 0 saturated carbocycles. The summed E-state index contributed by atoms with van der Waals surface area (Å²) in [5.41, 5.74) is 1.22. The van der Waals surface area contributed by atoms with Crippen LogP contribution >= 0.6 is 0 Å². The van der Waals surface area contributed by atoms with Gasteiger partial charge in [-0.05, 0) is 44.0 Å². The topological polar surface area (TPSA) is 21.1 Å². The molecule has 0 radical (unpaired) electrons. The van der Waals surface area contributed by atoms with Crippen molar-refractivity contribution in [2.24, 2.45) is 5.92 Å². The Balaban J connectivity index is 1.77. The van der Waals surface area contributed by atoms with E-state index in [2.05, 4.69) is 51.0 Å². The number of hydrogen-bond donors (Lipinski definition) is 0. The van der Waals surface area contributed by atoms with Crippen LogP contribution in [0.2, 0.25) is 0 Å². The molecule has 2 bridgehead atoms. The van der Waals surface area contributed by atoms with Crippen LogP contribution in [0, 0.1) is 5.92 Å². The maximum absolute atomic E-state index is 4.64. The van der Waals surface area contributed by atoms with Gasteiger partial charge in [-0.1, -0.05) is 18.2 Å². The average Bonchev–Trinajstić information content (AvgIpc) is 3.13. The average molecular weight is 239 g/mol. The third-order valence-electron chi connectivity index (χ3n) is 4.38. The molecular weight excluding hydrogens is 222 g/mol. The molecular formula is C15H17N3. The molecule has 18 heavy (non-hydrogen) atoms. The first-order valence-electron chi connectivity index (χ1n) is 6.76. The molecule has 4 rings (SSSR count). The molecule has 1 aromatic carbocycles. The molecule has 3 nitrogen and oxygen atoms in total. The van der Waals surface area contributed by atoms with Crippen molar-refractivity contribution in [1.29, 1.82) is 0 Å². The fourth-order valence-electron chi connectivity index (χ4n) is 3.53. The summed E-state index contributed by atoms with van der Waals surface area (Å²) in [6.07, 6.45) is 6.70. The van der Waals surface area contributed by atoms with Gasteiger partial charge in [0.1, 0.15) is 5.82 Å². The van der Waals surface area contributed by atoms with Crippen LogP contribution in [0.25, 0.3) is 5.69 Å². The minimum Gasteiger partial charge on any atom is -0.302 e. The van der Waals surface area contributed by atoms with Gasteiger partial charge >= 0.3 is 0 Å². The van der Waals surface area contributed by atoms with Crippen molar-refractivity contribution in [3.05, 3.63) is 48.5 Å². The van der Waals surface area contributed by atoms with Gasteiger partial charge in [0, 0.05) is 18.1 Å². The Morgan fingerprint density at radius 1 is 1.06 bits per heavy atom. The zero-order chi connectivity index (χ0) is 11.9. The first kappa shape index (κ1) is 10.3. The largest absolute Gasteiger partial charge is 0.302 e. The normalized spacial score (nSPS) is 29.9. The zero-order valence-electron chi connectivity index (χ0n) is 10.4. The van der Waals surface area contributed by atoms with E-state index in [9.17, 15) is 0 Å². The van der Waals surface area contributed by atoms with E-state index in [-0.39, 0.29) is 0 Å². The number of piperidine rings is 1. The number of fused-ring (bicyclic) bond motifs is 2. The summed E-state index contributed by atoms with van der Waals surface area (Å²) in [5, 5.41) is 0. The molecule has 1 atom stereocenters. The minimum absolute atomic E-state index is 0.542. The number of para-hydroxylation sites is 1. The molecule has 3 heteroatoms. The fraction of sp³-hybridized carbons (Fsp3) is 0.400. The molecule has 3 heterocycles. The summed E-state index contributed by atoms with van der Waals surface area (Å²) in [6, 6.07) is 11.1. The van der Waals surface area contributed by atoms with Gasteiger partial charge < -0.3 is 4.57 Å². The van der Waals surface area contributed by atoms with Crippen molar-refractivity contribution in [2.45, 2.75) is 18.9 Å². The molecule has 0 spiro atoms. The van der Waals surface area contributed by atoms with Crippen LogP contribution < -0.4 is 0 Å². The van der Waals surface area contributed by atoms with Crippen molar-refractivity contribution in [3.8, 4) is 5.69 Å². The van der Waals surface area contributed by atoms with Gasteiger partial charge in [0.15, 0.2) is 0 Å². The molecule has 2 saturated heterocycles. The molecule has 92 valence electrons. The maximum Gasteiger partial charge on any atom is 0.130 e. The molecule has 2 fully saturated rings. The van der Waals surface area contributed by atoms with E-state index >= 15 is 0 Å². The van der Waals surface area contributed by atoms with Crippen LogP contribution in [0.5, 0.6) is 0 Å². The van der Waals surface area contributed by atoms with Gasteiger partial charge in [-0.25, -0.2) is 4.98 Å². The Bertz CT molecular complexity index is 526. The van der Waals surface area contributed by atoms with Gasteiger partial charge in [-0.15, -0.1) is 0 Å². The Morgan fingerprint density at radius 3 is 2.50 bits per heavy atom. The lowest BCUT2D eigenvalue weighted by atomic mass is 9.99. The first-order valence-corrected chi connectivity index (χ1v) is 6.76. The number of rotatable bonds is 2. The van der Waals surface area contributed by atoms with Crippen LogP contribution in [0.4, 0.5) is 0 Å². The second-order valence-corrected chi connectivity index (χ2v) is 5.31. The van der Waals surface area contributed by atoms with Gasteiger partial charge in [-0.2, -0.15) is 0 Å². The Labute approximate surface area is 107 Å². The molecule has 0 N–H and O–H groups in total. The van der Waals surface area contributed by atoms with Gasteiger partial charge in [-0.3, -0.25) is 4.90 Å². The Morgan fingerprint density at radius 2 is 1.83 bits per heavy atom. The highest BCUT2D eigenvalue weighted by atomic mass is 15.3. The molecule has 1 aromatic heterocycles. The van der Waals surface area contributed by atoms with E-state index in [1.165, 1.54) is 37.4 Å². The highest BCUT2D eigenvalue weighted by molar-refractivity contribution is 5.33. The third-order valence-corrected chi connectivity index (χ3v) is 4.38. The van der Waals surface area contributed by atoms with Crippen LogP contribution in [-0.4, -0.2) is 27.5 Å². The summed E-state index contributed by atoms with van der Waals surface area (Å²) in [7, 11) is 0. The van der Waals surface area contributed by atoms with E-state index in [0.717, 1.165) is 5.92 Å². The number of aromatic nitrogens is 2. The highest BCUT2D eigenvalue weighted by Crippen LogP contribution is 2.44. The fourth-order valence-corrected chi connectivity index (χ4v) is 3.53. The van der Waals surface area contributed by atoms with Gasteiger partial charge in [0.2, 0.25) is 0 Å². The van der Waals surface area contributed by atoms with Crippen molar-refractivity contribution in [1.82, 2.24) is 14.5 Å². The summed E-state index contributed by atoms with van der Waals surface area (Å²) in [5.74, 6) is 2.04. The summed E-state index contributed by atoms with van der Waals surface area (Å²) in [6.45, 7) is 2.49. The first-order chi connectivity index (χ1) is 8.93. The molecule has 2 aromatic rings. The second-order valence-electron chi connectivity index (χ2n) is 5.31. The predicted octanol–water partition coefficient (Wildman–Crippen LogP) is 2.64. The lowest BCUT2D eigenvalue weighted by Gasteiger charge is -2.19. The lowest BCUT2D eigenvalue weighted by molar-refractivity contribution is 0.293. The van der Waals surface area contributed by atoms with Crippen LogP contribution in [0.1, 0.15) is 24.7 Å². The maximum atomic E-state index is 4.64. The van der Waals surface area contributed by atoms with Gasteiger partial charge in [0.05, 0.1) is 6.04 Å². The van der Waals surface area contributed by atoms with Crippen molar-refractivity contribution < 1.29 is 0 Å². The molecule has 2 aliphatic heterocycles.